The van der Waals surface area contributed by atoms with Crippen molar-refractivity contribution in [2.45, 2.75) is 19.3 Å². The molecule has 0 atom stereocenters. The summed E-state index contributed by atoms with van der Waals surface area (Å²) in [6.07, 6.45) is 3.81. The van der Waals surface area contributed by atoms with E-state index in [1.54, 1.807) is 5.92 Å². The Morgan fingerprint density at radius 3 is 2.17 bits per heavy atom. The van der Waals surface area contributed by atoms with Crippen LogP contribution in [0.25, 0.3) is 0 Å². The van der Waals surface area contributed by atoms with Crippen molar-refractivity contribution in [1.82, 2.24) is 0 Å². The molecule has 1 nitrogen and oxygen atoms in total. The third-order valence-corrected chi connectivity index (χ3v) is 2.38. The average Bonchev–Trinajstić information content (AvgIpc) is 2.03. The SMILES string of the molecule is N#Cc1ccc([C]2CCC2)cc1. The predicted molar refractivity (Wildman–Crippen MR) is 47.4 cm³/mol. The quantitative estimate of drug-likeness (QED) is 0.613. The van der Waals surface area contributed by atoms with E-state index < -0.39 is 0 Å². The van der Waals surface area contributed by atoms with Crippen LogP contribution in [-0.2, 0) is 0 Å². The van der Waals surface area contributed by atoms with Gasteiger partial charge in [-0.2, -0.15) is 5.26 Å². The Balaban J connectivity index is 2.19. The first-order chi connectivity index (χ1) is 5.90. The number of rotatable bonds is 1. The normalized spacial score (nSPS) is 16.6. The molecule has 1 radical (unpaired) electrons. The van der Waals surface area contributed by atoms with Crippen molar-refractivity contribution >= 4 is 0 Å². The van der Waals surface area contributed by atoms with Crippen LogP contribution in [0.5, 0.6) is 0 Å². The number of nitrogens with zero attached hydrogens (tertiary/aromatic N) is 1. The second-order valence-corrected chi connectivity index (χ2v) is 3.15. The van der Waals surface area contributed by atoms with Gasteiger partial charge in [-0.3, -0.25) is 0 Å². The zero-order valence-corrected chi connectivity index (χ0v) is 6.88. The molecule has 0 bridgehead atoms. The molecular weight excluding hydrogens is 146 g/mol. The van der Waals surface area contributed by atoms with Crippen LogP contribution >= 0.6 is 0 Å². The first-order valence-electron chi connectivity index (χ1n) is 4.25. The van der Waals surface area contributed by atoms with E-state index in [2.05, 4.69) is 6.07 Å². The van der Waals surface area contributed by atoms with Crippen LogP contribution < -0.4 is 0 Å². The highest BCUT2D eigenvalue weighted by molar-refractivity contribution is 5.39. The van der Waals surface area contributed by atoms with Crippen LogP contribution in [0.2, 0.25) is 0 Å². The third-order valence-electron chi connectivity index (χ3n) is 2.38. The maximum Gasteiger partial charge on any atom is 0.0991 e. The summed E-state index contributed by atoms with van der Waals surface area (Å²) >= 11 is 0. The number of hydrogen-bond donors (Lipinski definition) is 0. The Morgan fingerprint density at radius 2 is 1.75 bits per heavy atom. The fourth-order valence-corrected chi connectivity index (χ4v) is 1.42. The second-order valence-electron chi connectivity index (χ2n) is 3.15. The fraction of sp³-hybridized carbons (Fsp3) is 0.273. The minimum absolute atomic E-state index is 0.749. The summed E-state index contributed by atoms with van der Waals surface area (Å²) in [6.45, 7) is 0. The fourth-order valence-electron chi connectivity index (χ4n) is 1.42. The van der Waals surface area contributed by atoms with Crippen molar-refractivity contribution in [1.29, 1.82) is 5.26 Å². The van der Waals surface area contributed by atoms with Gasteiger partial charge < -0.3 is 0 Å². The van der Waals surface area contributed by atoms with Crippen LogP contribution in [0.3, 0.4) is 0 Å². The lowest BCUT2D eigenvalue weighted by molar-refractivity contribution is 0.577. The molecule has 0 N–H and O–H groups in total. The van der Waals surface area contributed by atoms with Crippen molar-refractivity contribution in [3.8, 4) is 6.07 Å². The van der Waals surface area contributed by atoms with Crippen molar-refractivity contribution < 1.29 is 0 Å². The van der Waals surface area contributed by atoms with E-state index in [4.69, 9.17) is 5.26 Å². The molecule has 12 heavy (non-hydrogen) atoms. The van der Waals surface area contributed by atoms with Gasteiger partial charge in [0.2, 0.25) is 0 Å². The molecule has 0 spiro atoms. The van der Waals surface area contributed by atoms with Gasteiger partial charge in [0.25, 0.3) is 0 Å². The standard InChI is InChI=1S/C11H10N/c12-8-9-4-6-11(7-5-9)10-2-1-3-10/h4-7H,1-3H2. The van der Waals surface area contributed by atoms with Crippen LogP contribution in [0.1, 0.15) is 30.4 Å². The summed E-state index contributed by atoms with van der Waals surface area (Å²) in [5.74, 6) is 1.54. The molecular formula is C11H10N. The summed E-state index contributed by atoms with van der Waals surface area (Å²) in [4.78, 5) is 0. The predicted octanol–water partition coefficient (Wildman–Crippen LogP) is 2.66. The van der Waals surface area contributed by atoms with E-state index in [0.717, 1.165) is 5.56 Å². The van der Waals surface area contributed by atoms with Crippen LogP contribution in [0.15, 0.2) is 24.3 Å². The highest BCUT2D eigenvalue weighted by Crippen LogP contribution is 2.34. The first kappa shape index (κ1) is 7.36. The molecule has 1 aromatic rings. The van der Waals surface area contributed by atoms with E-state index >= 15 is 0 Å². The minimum Gasteiger partial charge on any atom is -0.192 e. The third kappa shape index (κ3) is 1.21. The molecule has 2 rings (SSSR count). The topological polar surface area (TPSA) is 23.8 Å². The molecule has 0 amide bonds. The van der Waals surface area contributed by atoms with Gasteiger partial charge in [0.05, 0.1) is 11.6 Å². The summed E-state index contributed by atoms with van der Waals surface area (Å²) in [7, 11) is 0. The van der Waals surface area contributed by atoms with Gasteiger partial charge in [-0.1, -0.05) is 18.6 Å². The summed E-state index contributed by atoms with van der Waals surface area (Å²) < 4.78 is 0. The lowest BCUT2D eigenvalue weighted by Crippen LogP contribution is -2.09. The van der Waals surface area contributed by atoms with Gasteiger partial charge in [-0.15, -0.1) is 0 Å². The van der Waals surface area contributed by atoms with E-state index in [-0.39, 0.29) is 0 Å². The Hall–Kier alpha value is -1.29. The first-order valence-corrected chi connectivity index (χ1v) is 4.25. The molecule has 59 valence electrons. The zero-order valence-electron chi connectivity index (χ0n) is 6.88. The van der Waals surface area contributed by atoms with E-state index in [9.17, 15) is 0 Å². The monoisotopic (exact) mass is 156 g/mol. The van der Waals surface area contributed by atoms with Gasteiger partial charge in [0, 0.05) is 5.92 Å². The van der Waals surface area contributed by atoms with Crippen LogP contribution in [0, 0.1) is 17.2 Å². The Kier molecular flexibility index (Phi) is 1.83. The maximum absolute atomic E-state index is 8.58. The highest BCUT2D eigenvalue weighted by atomic mass is 14.3. The van der Waals surface area contributed by atoms with Crippen LogP contribution in [0.4, 0.5) is 0 Å². The lowest BCUT2D eigenvalue weighted by atomic mass is 9.80. The summed E-state index contributed by atoms with van der Waals surface area (Å²) in [5, 5.41) is 8.58. The molecule has 1 aromatic carbocycles. The van der Waals surface area contributed by atoms with Gasteiger partial charge in [0.15, 0.2) is 0 Å². The number of benzene rings is 1. The highest BCUT2D eigenvalue weighted by Gasteiger charge is 2.19. The lowest BCUT2D eigenvalue weighted by Gasteiger charge is -2.24. The van der Waals surface area contributed by atoms with Crippen molar-refractivity contribution in [2.75, 3.05) is 0 Å². The zero-order chi connectivity index (χ0) is 8.39. The summed E-state index contributed by atoms with van der Waals surface area (Å²) in [5.41, 5.74) is 2.07. The maximum atomic E-state index is 8.58. The Bertz CT molecular complexity index is 301. The van der Waals surface area contributed by atoms with Gasteiger partial charge >= 0.3 is 0 Å². The average molecular weight is 156 g/mol. The summed E-state index contributed by atoms with van der Waals surface area (Å²) in [6, 6.07) is 10.00. The van der Waals surface area contributed by atoms with Crippen molar-refractivity contribution in [2.24, 2.45) is 0 Å². The largest absolute Gasteiger partial charge is 0.192 e. The molecule has 1 saturated carbocycles. The Labute approximate surface area is 72.6 Å². The second kappa shape index (κ2) is 2.98. The van der Waals surface area contributed by atoms with E-state index in [1.165, 1.54) is 24.8 Å². The number of nitriles is 1. The van der Waals surface area contributed by atoms with Crippen molar-refractivity contribution in [3.05, 3.63) is 41.3 Å². The molecule has 1 heteroatoms. The minimum atomic E-state index is 0.749. The molecule has 1 aliphatic carbocycles. The van der Waals surface area contributed by atoms with Gasteiger partial charge in [-0.05, 0) is 30.5 Å². The molecule has 0 heterocycles. The number of hydrogen-bond acceptors (Lipinski definition) is 1. The van der Waals surface area contributed by atoms with Gasteiger partial charge in [-0.25, -0.2) is 0 Å². The molecule has 0 aromatic heterocycles. The molecule has 0 aliphatic heterocycles. The van der Waals surface area contributed by atoms with Crippen molar-refractivity contribution in [3.63, 3.8) is 0 Å². The van der Waals surface area contributed by atoms with E-state index in [0.29, 0.717) is 0 Å². The van der Waals surface area contributed by atoms with Gasteiger partial charge in [0.1, 0.15) is 0 Å². The molecule has 1 aliphatic rings. The van der Waals surface area contributed by atoms with E-state index in [1.807, 2.05) is 24.3 Å². The molecule has 1 fully saturated rings. The smallest absolute Gasteiger partial charge is 0.0991 e. The van der Waals surface area contributed by atoms with Crippen LogP contribution in [-0.4, -0.2) is 0 Å². The molecule has 0 saturated heterocycles. The molecule has 0 unspecified atom stereocenters. The Morgan fingerprint density at radius 1 is 1.08 bits per heavy atom.